The van der Waals surface area contributed by atoms with Gasteiger partial charge in [0.05, 0.1) is 23.5 Å². The third-order valence-electron chi connectivity index (χ3n) is 7.19. The number of ether oxygens (including phenoxy) is 1. The van der Waals surface area contributed by atoms with Gasteiger partial charge < -0.3 is 25.0 Å². The van der Waals surface area contributed by atoms with Crippen LogP contribution in [0.25, 0.3) is 0 Å². The number of hydrogen-bond acceptors (Lipinski definition) is 8. The summed E-state index contributed by atoms with van der Waals surface area (Å²) >= 11 is 0. The Bertz CT molecular complexity index is 1450. The minimum atomic E-state index is -3.87. The molecule has 4 N–H and O–H groups in total. The highest BCUT2D eigenvalue weighted by Crippen LogP contribution is 2.50. The van der Waals surface area contributed by atoms with E-state index in [1.54, 1.807) is 12.1 Å². The number of anilines is 1. The number of nitrogens with two attached hydrogens (primary N) is 1. The fourth-order valence-electron chi connectivity index (χ4n) is 5.17. The van der Waals surface area contributed by atoms with Crippen LogP contribution in [0, 0.1) is 0 Å². The normalized spacial score (nSPS) is 21.7. The van der Waals surface area contributed by atoms with E-state index < -0.39 is 19.2 Å². The molecule has 1 aliphatic heterocycles. The quantitative estimate of drug-likeness (QED) is 0.324. The third-order valence-corrected chi connectivity index (χ3v) is 8.58. The molecule has 0 spiro atoms. The van der Waals surface area contributed by atoms with E-state index in [0.29, 0.717) is 35.9 Å². The summed E-state index contributed by atoms with van der Waals surface area (Å²) in [6, 6.07) is 14.2. The van der Waals surface area contributed by atoms with E-state index in [2.05, 4.69) is 22.1 Å². The second-order valence-electron chi connectivity index (χ2n) is 10.5. The van der Waals surface area contributed by atoms with Crippen molar-refractivity contribution in [2.24, 2.45) is 4.99 Å². The summed E-state index contributed by atoms with van der Waals surface area (Å²) in [6.45, 7) is 3.88. The van der Waals surface area contributed by atoms with Gasteiger partial charge in [-0.2, -0.15) is 4.98 Å². The molecular weight excluding hydrogens is 519 g/mol. The summed E-state index contributed by atoms with van der Waals surface area (Å²) in [6.07, 6.45) is 3.96. The van der Waals surface area contributed by atoms with Crippen LogP contribution in [0.4, 0.5) is 11.5 Å². The minimum Gasteiger partial charge on any atom is -0.478 e. The zero-order valence-electron chi connectivity index (χ0n) is 21.8. The summed E-state index contributed by atoms with van der Waals surface area (Å²) in [5.41, 5.74) is 9.30. The van der Waals surface area contributed by atoms with Crippen LogP contribution in [0.1, 0.15) is 72.5 Å². The van der Waals surface area contributed by atoms with Crippen LogP contribution in [0.5, 0.6) is 5.88 Å². The Morgan fingerprint density at radius 1 is 1.08 bits per heavy atom. The number of nitrogens with zero attached hydrogens (tertiary/aromatic N) is 3. The molecule has 0 saturated heterocycles. The number of aromatic carboxylic acids is 1. The molecule has 1 saturated carbocycles. The van der Waals surface area contributed by atoms with E-state index in [-0.39, 0.29) is 23.6 Å². The first-order valence-corrected chi connectivity index (χ1v) is 14.6. The number of rotatable bonds is 7. The highest BCUT2D eigenvalue weighted by molar-refractivity contribution is 7.52. The number of hydrogen-bond donors (Lipinski definition) is 3. The summed E-state index contributed by atoms with van der Waals surface area (Å²) in [7, 11) is -3.87. The van der Waals surface area contributed by atoms with Gasteiger partial charge in [-0.05, 0) is 68.7 Å². The van der Waals surface area contributed by atoms with Crippen molar-refractivity contribution in [3.63, 3.8) is 0 Å². The summed E-state index contributed by atoms with van der Waals surface area (Å²) in [5, 5.41) is 9.02. The molecule has 5 rings (SSSR count). The van der Waals surface area contributed by atoms with Crippen LogP contribution in [0.15, 0.2) is 59.9 Å². The lowest BCUT2D eigenvalue weighted by molar-refractivity contribution is 0.0696. The van der Waals surface area contributed by atoms with Crippen LogP contribution in [0.2, 0.25) is 0 Å². The van der Waals surface area contributed by atoms with Crippen molar-refractivity contribution in [2.75, 3.05) is 5.73 Å². The third kappa shape index (κ3) is 6.03. The molecular formula is C28H31N4O6P. The van der Waals surface area contributed by atoms with Crippen LogP contribution < -0.4 is 10.5 Å². The predicted octanol–water partition coefficient (Wildman–Crippen LogP) is 5.48. The van der Waals surface area contributed by atoms with Gasteiger partial charge in [0.1, 0.15) is 11.9 Å². The van der Waals surface area contributed by atoms with Crippen LogP contribution in [-0.2, 0) is 15.3 Å². The number of carboxylic acids is 1. The van der Waals surface area contributed by atoms with Gasteiger partial charge in [-0.1, -0.05) is 36.4 Å². The molecule has 2 aromatic carbocycles. The van der Waals surface area contributed by atoms with Crippen molar-refractivity contribution in [1.82, 2.24) is 9.97 Å². The molecule has 3 aromatic rings. The van der Waals surface area contributed by atoms with Crippen molar-refractivity contribution in [1.29, 1.82) is 0 Å². The van der Waals surface area contributed by atoms with Crippen LogP contribution >= 0.6 is 7.60 Å². The number of carboxylic acid groups (broad SMARTS) is 1. The Labute approximate surface area is 226 Å². The summed E-state index contributed by atoms with van der Waals surface area (Å²) in [5.74, 6) is -0.0756. The molecule has 11 heteroatoms. The molecule has 204 valence electrons. The first kappa shape index (κ1) is 27.0. The average Bonchev–Trinajstić information content (AvgIpc) is 2.88. The number of carbonyl (C=O) groups is 1. The number of aromatic nitrogens is 2. The van der Waals surface area contributed by atoms with Crippen LogP contribution in [0.3, 0.4) is 0 Å². The first-order chi connectivity index (χ1) is 18.5. The zero-order chi connectivity index (χ0) is 27.8. The van der Waals surface area contributed by atoms with Gasteiger partial charge in [0, 0.05) is 5.56 Å². The van der Waals surface area contributed by atoms with Crippen LogP contribution in [-0.4, -0.2) is 43.4 Å². The second kappa shape index (κ2) is 10.5. The largest absolute Gasteiger partial charge is 0.478 e. The molecule has 2 aliphatic rings. The lowest BCUT2D eigenvalue weighted by Gasteiger charge is -2.32. The number of nitrogen functional groups attached to an aromatic ring is 1. The maximum atomic E-state index is 12.7. The number of fused-ring (bicyclic) bond motifs is 1. The Kier molecular flexibility index (Phi) is 7.29. The van der Waals surface area contributed by atoms with E-state index in [0.717, 1.165) is 24.1 Å². The van der Waals surface area contributed by atoms with E-state index >= 15 is 0 Å². The van der Waals surface area contributed by atoms with Crippen molar-refractivity contribution < 1.29 is 28.6 Å². The average molecular weight is 551 g/mol. The summed E-state index contributed by atoms with van der Waals surface area (Å²) in [4.78, 5) is 34.4. The molecule has 1 aromatic heterocycles. The van der Waals surface area contributed by atoms with Gasteiger partial charge in [0.25, 0.3) is 0 Å². The Hall–Kier alpha value is -3.59. The SMILES string of the molecule is CC1(C)Oc2ncnc(N)c2N=C1c1ccc(C2CCC(OP(=O)(O)Cc3ccc(C(=O)O)cc3)CC2)cc1. The molecule has 1 fully saturated rings. The highest BCUT2D eigenvalue weighted by Gasteiger charge is 2.35. The van der Waals surface area contributed by atoms with Crippen molar-refractivity contribution >= 4 is 30.8 Å². The van der Waals surface area contributed by atoms with Gasteiger partial charge in [0.2, 0.25) is 5.88 Å². The molecule has 0 amide bonds. The highest BCUT2D eigenvalue weighted by atomic mass is 31.2. The van der Waals surface area contributed by atoms with Crippen molar-refractivity contribution in [2.45, 2.75) is 63.3 Å². The monoisotopic (exact) mass is 550 g/mol. The molecule has 2 heterocycles. The topological polar surface area (TPSA) is 157 Å². The van der Waals surface area contributed by atoms with Gasteiger partial charge in [-0.3, -0.25) is 4.57 Å². The van der Waals surface area contributed by atoms with E-state index in [9.17, 15) is 14.3 Å². The fourth-order valence-corrected chi connectivity index (χ4v) is 6.60. The van der Waals surface area contributed by atoms with Gasteiger partial charge in [-0.15, -0.1) is 0 Å². The fraction of sp³-hybridized carbons (Fsp3) is 0.357. The van der Waals surface area contributed by atoms with E-state index in [1.165, 1.54) is 24.0 Å². The second-order valence-corrected chi connectivity index (χ2v) is 12.3. The maximum absolute atomic E-state index is 12.7. The maximum Gasteiger partial charge on any atom is 0.335 e. The lowest BCUT2D eigenvalue weighted by atomic mass is 9.82. The standard InChI is InChI=1S/C28H31N4O6P/c1-28(2)24(32-23-25(29)30-16-31-26(23)37-28)20-9-7-18(8-10-20)19-11-13-22(14-12-19)38-39(35,36)15-17-3-5-21(6-4-17)27(33)34/h3-10,16,19,22H,11-15H2,1-2H3,(H,33,34)(H,35,36)(H2,29,30,31). The smallest absolute Gasteiger partial charge is 0.335 e. The van der Waals surface area contributed by atoms with E-state index in [1.807, 2.05) is 26.0 Å². The molecule has 39 heavy (non-hydrogen) atoms. The molecule has 1 unspecified atom stereocenters. The lowest BCUT2D eigenvalue weighted by Crippen LogP contribution is -2.41. The number of aliphatic imine (C=N–C) groups is 1. The zero-order valence-corrected chi connectivity index (χ0v) is 22.7. The predicted molar refractivity (Wildman–Crippen MR) is 147 cm³/mol. The summed E-state index contributed by atoms with van der Waals surface area (Å²) < 4.78 is 24.5. The molecule has 10 nitrogen and oxygen atoms in total. The van der Waals surface area contributed by atoms with Gasteiger partial charge in [0.15, 0.2) is 11.5 Å². The molecule has 0 bridgehead atoms. The first-order valence-electron chi connectivity index (χ1n) is 12.8. The van der Waals surface area contributed by atoms with Crippen molar-refractivity contribution in [3.05, 3.63) is 77.1 Å². The number of benzene rings is 2. The van der Waals surface area contributed by atoms with Crippen molar-refractivity contribution in [3.8, 4) is 5.88 Å². The Morgan fingerprint density at radius 3 is 2.38 bits per heavy atom. The van der Waals surface area contributed by atoms with Gasteiger partial charge >= 0.3 is 13.6 Å². The molecule has 0 radical (unpaired) electrons. The minimum absolute atomic E-state index is 0.132. The van der Waals surface area contributed by atoms with Gasteiger partial charge in [-0.25, -0.2) is 14.8 Å². The van der Waals surface area contributed by atoms with E-state index in [4.69, 9.17) is 25.1 Å². The molecule has 1 atom stereocenters. The Morgan fingerprint density at radius 2 is 1.74 bits per heavy atom. The Balaban J connectivity index is 1.20. The molecule has 1 aliphatic carbocycles.